The van der Waals surface area contributed by atoms with Crippen molar-refractivity contribution in [2.45, 2.75) is 19.2 Å². The lowest BCUT2D eigenvalue weighted by atomic mass is 10.2. The van der Waals surface area contributed by atoms with Crippen molar-refractivity contribution in [2.75, 3.05) is 13.2 Å². The fourth-order valence-corrected chi connectivity index (χ4v) is 4.19. The molecule has 2 heterocycles. The van der Waals surface area contributed by atoms with Gasteiger partial charge in [-0.2, -0.15) is 0 Å². The second kappa shape index (κ2) is 11.6. The van der Waals surface area contributed by atoms with Crippen LogP contribution >= 0.6 is 11.8 Å². The van der Waals surface area contributed by atoms with Crippen LogP contribution in [0.1, 0.15) is 16.7 Å². The molecule has 174 valence electrons. The molecule has 0 saturated carbocycles. The van der Waals surface area contributed by atoms with Gasteiger partial charge in [-0.05, 0) is 52.7 Å². The van der Waals surface area contributed by atoms with Crippen molar-refractivity contribution >= 4 is 29.0 Å². The number of nitrogens with one attached hydrogen (secondary N) is 1. The Balaban J connectivity index is 1.26. The van der Waals surface area contributed by atoms with Gasteiger partial charge in [0.2, 0.25) is 0 Å². The maximum absolute atomic E-state index is 12.7. The van der Waals surface area contributed by atoms with Gasteiger partial charge in [0.1, 0.15) is 18.5 Å². The van der Waals surface area contributed by atoms with Gasteiger partial charge in [0.05, 0.1) is 11.4 Å². The third kappa shape index (κ3) is 6.54. The van der Waals surface area contributed by atoms with Crippen molar-refractivity contribution < 1.29 is 19.4 Å². The van der Waals surface area contributed by atoms with Crippen molar-refractivity contribution in [1.82, 2.24) is 15.2 Å². The first-order valence-electron chi connectivity index (χ1n) is 10.9. The molecule has 0 radical (unpaired) electrons. The van der Waals surface area contributed by atoms with E-state index in [1.54, 1.807) is 30.6 Å². The predicted molar refractivity (Wildman–Crippen MR) is 132 cm³/mol. The van der Waals surface area contributed by atoms with E-state index in [9.17, 15) is 14.7 Å². The largest absolute Gasteiger partial charge is 0.491 e. The number of pyridine rings is 1. The highest BCUT2D eigenvalue weighted by Crippen LogP contribution is 2.33. The summed E-state index contributed by atoms with van der Waals surface area (Å²) in [5, 5.41) is 13.0. The van der Waals surface area contributed by atoms with E-state index in [1.165, 1.54) is 4.90 Å². The summed E-state index contributed by atoms with van der Waals surface area (Å²) in [6.45, 7) is 1.43. The van der Waals surface area contributed by atoms with Crippen LogP contribution in [0.2, 0.25) is 0 Å². The van der Waals surface area contributed by atoms with E-state index in [-0.39, 0.29) is 24.3 Å². The normalized spacial score (nSPS) is 15.7. The molecule has 0 aliphatic carbocycles. The van der Waals surface area contributed by atoms with E-state index in [1.807, 2.05) is 54.6 Å². The van der Waals surface area contributed by atoms with Crippen LogP contribution in [-0.2, 0) is 17.9 Å². The number of ether oxygens (including phenoxy) is 1. The molecule has 1 aliphatic rings. The molecule has 2 aromatic carbocycles. The summed E-state index contributed by atoms with van der Waals surface area (Å²) in [5.74, 6) is 0.321. The zero-order valence-corrected chi connectivity index (χ0v) is 19.3. The molecule has 1 unspecified atom stereocenters. The summed E-state index contributed by atoms with van der Waals surface area (Å²) < 4.78 is 5.66. The monoisotopic (exact) mass is 475 g/mol. The van der Waals surface area contributed by atoms with Crippen LogP contribution in [0.5, 0.6) is 5.75 Å². The zero-order valence-electron chi connectivity index (χ0n) is 18.5. The van der Waals surface area contributed by atoms with E-state index < -0.39 is 6.10 Å². The first kappa shape index (κ1) is 23.7. The maximum atomic E-state index is 12.7. The van der Waals surface area contributed by atoms with Crippen LogP contribution < -0.4 is 10.1 Å². The number of nitrogens with zero attached hydrogens (tertiary/aromatic N) is 2. The number of thioether (sulfide) groups is 1. The zero-order chi connectivity index (χ0) is 23.8. The Kier molecular flexibility index (Phi) is 8.08. The topological polar surface area (TPSA) is 91.8 Å². The molecule has 3 aromatic rings. The third-order valence-electron chi connectivity index (χ3n) is 5.11. The Labute approximate surface area is 202 Å². The highest BCUT2D eigenvalue weighted by Gasteiger charge is 2.34. The summed E-state index contributed by atoms with van der Waals surface area (Å²) in [7, 11) is 0. The van der Waals surface area contributed by atoms with Crippen LogP contribution in [0.25, 0.3) is 6.08 Å². The van der Waals surface area contributed by atoms with Gasteiger partial charge in [0, 0.05) is 25.5 Å². The van der Waals surface area contributed by atoms with E-state index in [0.717, 1.165) is 28.5 Å². The quantitative estimate of drug-likeness (QED) is 0.431. The van der Waals surface area contributed by atoms with E-state index in [0.29, 0.717) is 23.7 Å². The molecule has 0 spiro atoms. The number of aliphatic hydroxyl groups excluding tert-OH is 1. The number of amides is 2. The van der Waals surface area contributed by atoms with Gasteiger partial charge in [-0.15, -0.1) is 0 Å². The summed E-state index contributed by atoms with van der Waals surface area (Å²) in [6, 6.07) is 20.4. The van der Waals surface area contributed by atoms with Gasteiger partial charge >= 0.3 is 0 Å². The molecular formula is C26H25N3O4S. The number of aromatic nitrogens is 1. The summed E-state index contributed by atoms with van der Waals surface area (Å²) in [5.41, 5.74) is 2.74. The lowest BCUT2D eigenvalue weighted by Gasteiger charge is -2.13. The number of carbonyl (C=O) groups excluding carboxylic acids is 2. The lowest BCUT2D eigenvalue weighted by molar-refractivity contribution is -0.123. The van der Waals surface area contributed by atoms with Gasteiger partial charge in [-0.25, -0.2) is 0 Å². The minimum absolute atomic E-state index is 0.151. The Bertz CT molecular complexity index is 1140. The summed E-state index contributed by atoms with van der Waals surface area (Å²) in [6.07, 6.45) is 4.55. The molecule has 0 bridgehead atoms. The van der Waals surface area contributed by atoms with Crippen LogP contribution in [0.3, 0.4) is 0 Å². The average Bonchev–Trinajstić information content (AvgIpc) is 3.12. The lowest BCUT2D eigenvalue weighted by Crippen LogP contribution is -2.31. The molecule has 1 aliphatic heterocycles. The Hall–Kier alpha value is -3.46. The molecule has 4 rings (SSSR count). The molecule has 1 saturated heterocycles. The number of imide groups is 1. The smallest absolute Gasteiger partial charge is 0.293 e. The predicted octanol–water partition coefficient (Wildman–Crippen LogP) is 3.85. The third-order valence-corrected chi connectivity index (χ3v) is 6.02. The SMILES string of the molecule is O=C1S/C(=C\c2ccc(OCC(O)CNCc3cccnc3)cc2)C(=O)N1Cc1ccccc1. The number of aliphatic hydroxyl groups is 1. The van der Waals surface area contributed by atoms with Gasteiger partial charge in [0.15, 0.2) is 0 Å². The van der Waals surface area contributed by atoms with Gasteiger partial charge < -0.3 is 15.2 Å². The maximum Gasteiger partial charge on any atom is 0.293 e. The second-order valence-electron chi connectivity index (χ2n) is 7.78. The van der Waals surface area contributed by atoms with E-state index >= 15 is 0 Å². The molecule has 1 atom stereocenters. The number of hydrogen-bond acceptors (Lipinski definition) is 7. The molecular weight excluding hydrogens is 450 g/mol. The Morgan fingerprint density at radius 1 is 1.03 bits per heavy atom. The number of rotatable bonds is 10. The fraction of sp³-hybridized carbons (Fsp3) is 0.192. The first-order chi connectivity index (χ1) is 16.6. The molecule has 34 heavy (non-hydrogen) atoms. The van der Waals surface area contributed by atoms with Gasteiger partial charge in [-0.1, -0.05) is 48.5 Å². The number of benzene rings is 2. The molecule has 1 fully saturated rings. The van der Waals surface area contributed by atoms with Crippen LogP contribution in [0.15, 0.2) is 84.0 Å². The number of hydrogen-bond donors (Lipinski definition) is 2. The molecule has 7 nitrogen and oxygen atoms in total. The van der Waals surface area contributed by atoms with Crippen LogP contribution in [0.4, 0.5) is 4.79 Å². The second-order valence-corrected chi connectivity index (χ2v) is 8.77. The Morgan fingerprint density at radius 3 is 2.53 bits per heavy atom. The van der Waals surface area contributed by atoms with E-state index in [4.69, 9.17) is 4.74 Å². The summed E-state index contributed by atoms with van der Waals surface area (Å²) in [4.78, 5) is 30.7. The minimum Gasteiger partial charge on any atom is -0.491 e. The van der Waals surface area contributed by atoms with Crippen molar-refractivity contribution in [2.24, 2.45) is 0 Å². The highest BCUT2D eigenvalue weighted by molar-refractivity contribution is 8.18. The van der Waals surface area contributed by atoms with Crippen LogP contribution in [0, 0.1) is 0 Å². The first-order valence-corrected chi connectivity index (χ1v) is 11.7. The van der Waals surface area contributed by atoms with Crippen molar-refractivity contribution in [3.8, 4) is 5.75 Å². The number of carbonyl (C=O) groups is 2. The van der Waals surface area contributed by atoms with Crippen molar-refractivity contribution in [3.05, 3.63) is 101 Å². The fourth-order valence-electron chi connectivity index (χ4n) is 3.35. The molecule has 2 amide bonds. The minimum atomic E-state index is -0.660. The van der Waals surface area contributed by atoms with Crippen molar-refractivity contribution in [3.63, 3.8) is 0 Å². The Morgan fingerprint density at radius 2 is 1.79 bits per heavy atom. The molecule has 1 aromatic heterocycles. The van der Waals surface area contributed by atoms with Crippen molar-refractivity contribution in [1.29, 1.82) is 0 Å². The standard InChI is InChI=1S/C26H25N3O4S/c30-22(16-28-15-21-7-4-12-27-14-21)18-33-23-10-8-19(9-11-23)13-24-25(31)29(26(32)34-24)17-20-5-2-1-3-6-20/h1-14,22,28,30H,15-18H2/b24-13-. The van der Waals surface area contributed by atoms with Crippen LogP contribution in [-0.4, -0.2) is 45.4 Å². The molecule has 8 heteroatoms. The van der Waals surface area contributed by atoms with Gasteiger partial charge in [0.25, 0.3) is 11.1 Å². The molecule has 2 N–H and O–H groups in total. The highest BCUT2D eigenvalue weighted by atomic mass is 32.2. The van der Waals surface area contributed by atoms with E-state index in [2.05, 4.69) is 10.3 Å². The average molecular weight is 476 g/mol. The van der Waals surface area contributed by atoms with Gasteiger partial charge in [-0.3, -0.25) is 19.5 Å². The summed E-state index contributed by atoms with van der Waals surface area (Å²) >= 11 is 0.944.